The fourth-order valence-corrected chi connectivity index (χ4v) is 2.69. The molecule has 0 saturated heterocycles. The Balaban J connectivity index is 2.44. The van der Waals surface area contributed by atoms with Crippen LogP contribution >= 0.6 is 27.3 Å². The van der Waals surface area contributed by atoms with Crippen LogP contribution in [0.15, 0.2) is 15.9 Å². The molecule has 1 aromatic rings. The molecular weight excluding hydrogens is 272 g/mol. The van der Waals surface area contributed by atoms with E-state index in [9.17, 15) is 0 Å². The molecule has 1 aromatic heterocycles. The number of nitrogens with zero attached hydrogens (tertiary/aromatic N) is 1. The van der Waals surface area contributed by atoms with Crippen molar-refractivity contribution in [2.75, 3.05) is 20.1 Å². The van der Waals surface area contributed by atoms with Gasteiger partial charge in [0.05, 0.1) is 3.79 Å². The number of halogens is 1. The van der Waals surface area contributed by atoms with Gasteiger partial charge in [0.1, 0.15) is 0 Å². The van der Waals surface area contributed by atoms with Gasteiger partial charge in [0, 0.05) is 23.5 Å². The highest BCUT2D eigenvalue weighted by atomic mass is 79.9. The number of likely N-dealkylation sites (N-methyl/N-ethyl adjacent to an activating group) is 1. The van der Waals surface area contributed by atoms with Gasteiger partial charge in [-0.05, 0) is 55.4 Å². The van der Waals surface area contributed by atoms with Gasteiger partial charge in [0.2, 0.25) is 0 Å². The number of rotatable bonds is 5. The van der Waals surface area contributed by atoms with Crippen LogP contribution in [0.25, 0.3) is 0 Å². The number of thiophene rings is 1. The molecule has 2 nitrogen and oxygen atoms in total. The number of hydrogen-bond donors (Lipinski definition) is 1. The highest BCUT2D eigenvalue weighted by Gasteiger charge is 2.20. The topological polar surface area (TPSA) is 29.3 Å². The zero-order chi connectivity index (χ0) is 11.5. The molecule has 1 heterocycles. The van der Waals surface area contributed by atoms with Crippen LogP contribution in [-0.4, -0.2) is 30.6 Å². The Kier molecular flexibility index (Phi) is 4.77. The molecule has 0 aliphatic heterocycles. The molecule has 0 unspecified atom stereocenters. The lowest BCUT2D eigenvalue weighted by Crippen LogP contribution is -2.47. The molecule has 2 N–H and O–H groups in total. The van der Waals surface area contributed by atoms with E-state index in [2.05, 4.69) is 53.9 Å². The summed E-state index contributed by atoms with van der Waals surface area (Å²) in [6.07, 6.45) is 1.09. The minimum atomic E-state index is 0.0918. The maximum absolute atomic E-state index is 5.73. The second-order valence-electron chi connectivity index (χ2n) is 4.39. The first kappa shape index (κ1) is 13.2. The molecule has 0 atom stereocenters. The van der Waals surface area contributed by atoms with Crippen molar-refractivity contribution in [3.8, 4) is 0 Å². The summed E-state index contributed by atoms with van der Waals surface area (Å²) in [4.78, 5) is 3.74. The summed E-state index contributed by atoms with van der Waals surface area (Å²) < 4.78 is 1.21. The van der Waals surface area contributed by atoms with Crippen LogP contribution in [0.4, 0.5) is 0 Å². The molecule has 0 aliphatic rings. The molecule has 0 saturated carbocycles. The van der Waals surface area contributed by atoms with E-state index in [4.69, 9.17) is 5.73 Å². The molecular formula is C11H19BrN2S. The number of hydrogen-bond acceptors (Lipinski definition) is 3. The first-order valence-corrected chi connectivity index (χ1v) is 6.72. The van der Waals surface area contributed by atoms with Crippen LogP contribution in [0, 0.1) is 0 Å². The van der Waals surface area contributed by atoms with Crippen LogP contribution in [0.5, 0.6) is 0 Å². The zero-order valence-electron chi connectivity index (χ0n) is 9.59. The standard InChI is InChI=1S/C11H19BrN2S/c1-11(2,8-13)14(3)7-6-9-4-5-10(12)15-9/h4-5H,6-8,13H2,1-3H3. The van der Waals surface area contributed by atoms with E-state index in [1.807, 2.05) is 0 Å². The van der Waals surface area contributed by atoms with E-state index in [-0.39, 0.29) is 5.54 Å². The van der Waals surface area contributed by atoms with E-state index in [0.717, 1.165) is 13.0 Å². The summed E-state index contributed by atoms with van der Waals surface area (Å²) in [5.74, 6) is 0. The second kappa shape index (κ2) is 5.43. The van der Waals surface area contributed by atoms with Crippen molar-refractivity contribution in [3.63, 3.8) is 0 Å². The van der Waals surface area contributed by atoms with Crippen molar-refractivity contribution in [2.45, 2.75) is 25.8 Å². The van der Waals surface area contributed by atoms with Crippen LogP contribution < -0.4 is 5.73 Å². The molecule has 86 valence electrons. The maximum atomic E-state index is 5.73. The van der Waals surface area contributed by atoms with Crippen molar-refractivity contribution in [1.29, 1.82) is 0 Å². The summed E-state index contributed by atoms with van der Waals surface area (Å²) in [6, 6.07) is 4.28. The second-order valence-corrected chi connectivity index (χ2v) is 6.94. The van der Waals surface area contributed by atoms with Gasteiger partial charge in [-0.15, -0.1) is 11.3 Å². The molecule has 15 heavy (non-hydrogen) atoms. The summed E-state index contributed by atoms with van der Waals surface area (Å²) >= 11 is 5.28. The molecule has 0 aromatic carbocycles. The predicted molar refractivity (Wildman–Crippen MR) is 71.5 cm³/mol. The first-order chi connectivity index (χ1) is 6.95. The van der Waals surface area contributed by atoms with Crippen molar-refractivity contribution >= 4 is 27.3 Å². The van der Waals surface area contributed by atoms with E-state index in [0.29, 0.717) is 6.54 Å². The maximum Gasteiger partial charge on any atom is 0.0701 e. The highest BCUT2D eigenvalue weighted by Crippen LogP contribution is 2.23. The minimum Gasteiger partial charge on any atom is -0.329 e. The quantitative estimate of drug-likeness (QED) is 0.904. The molecule has 0 fully saturated rings. The van der Waals surface area contributed by atoms with Crippen molar-refractivity contribution in [3.05, 3.63) is 20.8 Å². The van der Waals surface area contributed by atoms with Crippen molar-refractivity contribution in [2.24, 2.45) is 5.73 Å². The lowest BCUT2D eigenvalue weighted by Gasteiger charge is -2.34. The average Bonchev–Trinajstić information content (AvgIpc) is 2.60. The van der Waals surface area contributed by atoms with Gasteiger partial charge in [0.15, 0.2) is 0 Å². The third-order valence-corrected chi connectivity index (χ3v) is 4.54. The largest absolute Gasteiger partial charge is 0.329 e. The van der Waals surface area contributed by atoms with Crippen LogP contribution in [0.3, 0.4) is 0 Å². The fraction of sp³-hybridized carbons (Fsp3) is 0.636. The van der Waals surface area contributed by atoms with E-state index in [1.165, 1.54) is 8.66 Å². The Bertz CT molecular complexity index is 309. The highest BCUT2D eigenvalue weighted by molar-refractivity contribution is 9.11. The summed E-state index contributed by atoms with van der Waals surface area (Å²) in [7, 11) is 2.13. The Labute approximate surface area is 105 Å². The third kappa shape index (κ3) is 3.87. The molecule has 0 radical (unpaired) electrons. The predicted octanol–water partition coefficient (Wildman–Crippen LogP) is 2.72. The smallest absolute Gasteiger partial charge is 0.0701 e. The fourth-order valence-electron chi connectivity index (χ4n) is 1.22. The van der Waals surface area contributed by atoms with Gasteiger partial charge in [-0.1, -0.05) is 0 Å². The first-order valence-electron chi connectivity index (χ1n) is 5.11. The molecule has 1 rings (SSSR count). The molecule has 0 amide bonds. The normalized spacial score (nSPS) is 12.4. The average molecular weight is 291 g/mol. The van der Waals surface area contributed by atoms with Crippen LogP contribution in [-0.2, 0) is 6.42 Å². The SMILES string of the molecule is CN(CCc1ccc(Br)s1)C(C)(C)CN. The van der Waals surface area contributed by atoms with E-state index < -0.39 is 0 Å². The van der Waals surface area contributed by atoms with Gasteiger partial charge >= 0.3 is 0 Å². The lowest BCUT2D eigenvalue weighted by atomic mass is 10.0. The van der Waals surface area contributed by atoms with Gasteiger partial charge in [-0.2, -0.15) is 0 Å². The Morgan fingerprint density at radius 3 is 2.60 bits per heavy atom. The van der Waals surface area contributed by atoms with E-state index >= 15 is 0 Å². The van der Waals surface area contributed by atoms with Gasteiger partial charge < -0.3 is 5.73 Å². The van der Waals surface area contributed by atoms with Gasteiger partial charge in [-0.25, -0.2) is 0 Å². The molecule has 4 heteroatoms. The molecule has 0 bridgehead atoms. The van der Waals surface area contributed by atoms with E-state index in [1.54, 1.807) is 11.3 Å². The third-order valence-electron chi connectivity index (χ3n) is 2.86. The Morgan fingerprint density at radius 1 is 1.47 bits per heavy atom. The van der Waals surface area contributed by atoms with Gasteiger partial charge in [0.25, 0.3) is 0 Å². The number of nitrogens with two attached hydrogens (primary N) is 1. The monoisotopic (exact) mass is 290 g/mol. The van der Waals surface area contributed by atoms with Crippen LogP contribution in [0.2, 0.25) is 0 Å². The van der Waals surface area contributed by atoms with Gasteiger partial charge in [-0.3, -0.25) is 4.90 Å². The Hall–Kier alpha value is 0.1000. The summed E-state index contributed by atoms with van der Waals surface area (Å²) in [5, 5.41) is 0. The minimum absolute atomic E-state index is 0.0918. The van der Waals surface area contributed by atoms with Crippen LogP contribution in [0.1, 0.15) is 18.7 Å². The summed E-state index contributed by atoms with van der Waals surface area (Å²) in [5.41, 5.74) is 5.83. The van der Waals surface area contributed by atoms with Crippen molar-refractivity contribution < 1.29 is 0 Å². The molecule has 0 spiro atoms. The zero-order valence-corrected chi connectivity index (χ0v) is 12.0. The summed E-state index contributed by atoms with van der Waals surface area (Å²) in [6.45, 7) is 6.10. The Morgan fingerprint density at radius 2 is 2.13 bits per heavy atom. The lowest BCUT2D eigenvalue weighted by molar-refractivity contribution is 0.166. The van der Waals surface area contributed by atoms with Crippen molar-refractivity contribution in [1.82, 2.24) is 4.90 Å². The molecule has 0 aliphatic carbocycles.